The maximum atomic E-state index is 14.4. The summed E-state index contributed by atoms with van der Waals surface area (Å²) in [5, 5.41) is 11.5. The Balaban J connectivity index is 1.26. The van der Waals surface area contributed by atoms with Crippen molar-refractivity contribution in [2.45, 2.75) is 24.8 Å². The number of hydrogen-bond acceptors (Lipinski definition) is 8. The highest BCUT2D eigenvalue weighted by molar-refractivity contribution is 6.02. The van der Waals surface area contributed by atoms with E-state index in [1.165, 1.54) is 18.5 Å². The average molecular weight is 526 g/mol. The average Bonchev–Trinajstić information content (AvgIpc) is 3.38. The fourth-order valence-electron chi connectivity index (χ4n) is 4.52. The molecule has 1 fully saturated rings. The lowest BCUT2D eigenvalue weighted by Crippen LogP contribution is -2.28. The van der Waals surface area contributed by atoms with Gasteiger partial charge in [-0.3, -0.25) is 9.48 Å². The number of halogens is 1. The molecule has 5 aromatic rings. The SMILES string of the molecule is COc1ccc(C2(C(=O)Nc3cnc(-c4cc(-c5ccon5)n(Cc5ccccc5F)n4)nc3N)CC2)cc1. The van der Waals surface area contributed by atoms with Gasteiger partial charge >= 0.3 is 0 Å². The third-order valence-corrected chi connectivity index (χ3v) is 6.88. The number of nitrogen functional groups attached to an aromatic ring is 1. The first-order chi connectivity index (χ1) is 19.0. The summed E-state index contributed by atoms with van der Waals surface area (Å²) in [4.78, 5) is 22.0. The maximum Gasteiger partial charge on any atom is 0.235 e. The van der Waals surface area contributed by atoms with E-state index in [2.05, 4.69) is 25.5 Å². The van der Waals surface area contributed by atoms with Crippen LogP contribution in [0, 0.1) is 5.82 Å². The largest absolute Gasteiger partial charge is 0.497 e. The number of nitrogens with one attached hydrogen (secondary N) is 1. The zero-order valence-corrected chi connectivity index (χ0v) is 21.0. The maximum absolute atomic E-state index is 14.4. The normalized spacial score (nSPS) is 13.7. The van der Waals surface area contributed by atoms with Gasteiger partial charge in [0.2, 0.25) is 5.91 Å². The summed E-state index contributed by atoms with van der Waals surface area (Å²) in [6, 6.07) is 17.4. The van der Waals surface area contributed by atoms with E-state index in [9.17, 15) is 9.18 Å². The first-order valence-corrected chi connectivity index (χ1v) is 12.3. The quantitative estimate of drug-likeness (QED) is 0.304. The monoisotopic (exact) mass is 525 g/mol. The van der Waals surface area contributed by atoms with E-state index in [4.69, 9.17) is 15.0 Å². The number of amides is 1. The topological polar surface area (TPSA) is 134 Å². The first-order valence-electron chi connectivity index (χ1n) is 12.3. The summed E-state index contributed by atoms with van der Waals surface area (Å²) in [6.45, 7) is 0.159. The minimum Gasteiger partial charge on any atom is -0.497 e. The molecule has 10 nitrogen and oxygen atoms in total. The van der Waals surface area contributed by atoms with E-state index in [0.717, 1.165) is 24.2 Å². The van der Waals surface area contributed by atoms with Crippen molar-refractivity contribution in [3.05, 3.63) is 90.1 Å². The first kappa shape index (κ1) is 24.3. The molecule has 0 saturated heterocycles. The highest BCUT2D eigenvalue weighted by Gasteiger charge is 2.51. The fraction of sp³-hybridized carbons (Fsp3) is 0.179. The Bertz CT molecular complexity index is 1640. The van der Waals surface area contributed by atoms with Gasteiger partial charge in [-0.25, -0.2) is 14.4 Å². The zero-order chi connectivity index (χ0) is 27.0. The van der Waals surface area contributed by atoms with Gasteiger partial charge in [0.25, 0.3) is 0 Å². The third-order valence-electron chi connectivity index (χ3n) is 6.88. The van der Waals surface area contributed by atoms with Gasteiger partial charge in [0.1, 0.15) is 34.9 Å². The van der Waals surface area contributed by atoms with Crippen molar-refractivity contribution in [2.24, 2.45) is 0 Å². The molecule has 0 atom stereocenters. The predicted molar refractivity (Wildman–Crippen MR) is 141 cm³/mol. The molecule has 3 heterocycles. The van der Waals surface area contributed by atoms with Gasteiger partial charge in [0.15, 0.2) is 11.6 Å². The third kappa shape index (κ3) is 4.58. The number of rotatable bonds is 8. The highest BCUT2D eigenvalue weighted by Crippen LogP contribution is 2.49. The second kappa shape index (κ2) is 9.67. The van der Waals surface area contributed by atoms with Crippen LogP contribution in [0.3, 0.4) is 0 Å². The Kier molecular flexibility index (Phi) is 6.02. The number of carbonyl (C=O) groups excluding carboxylic acids is 1. The number of benzene rings is 2. The zero-order valence-electron chi connectivity index (χ0n) is 21.0. The molecule has 1 aliphatic rings. The summed E-state index contributed by atoms with van der Waals surface area (Å²) in [5.74, 6) is 0.568. The van der Waals surface area contributed by atoms with Gasteiger partial charge in [0, 0.05) is 11.6 Å². The molecule has 2 aromatic carbocycles. The minimum atomic E-state index is -0.616. The van der Waals surface area contributed by atoms with Crippen LogP contribution < -0.4 is 15.8 Å². The second-order valence-electron chi connectivity index (χ2n) is 9.31. The molecular weight excluding hydrogens is 501 g/mol. The van der Waals surface area contributed by atoms with Crippen molar-refractivity contribution < 1.29 is 18.4 Å². The second-order valence-corrected chi connectivity index (χ2v) is 9.31. The van der Waals surface area contributed by atoms with Crippen molar-refractivity contribution in [2.75, 3.05) is 18.2 Å². The molecule has 6 rings (SSSR count). The van der Waals surface area contributed by atoms with E-state index in [1.807, 2.05) is 24.3 Å². The van der Waals surface area contributed by atoms with Crippen LogP contribution in [0.25, 0.3) is 22.9 Å². The van der Waals surface area contributed by atoms with Crippen molar-refractivity contribution in [3.8, 4) is 28.7 Å². The van der Waals surface area contributed by atoms with Crippen LogP contribution in [0.4, 0.5) is 15.9 Å². The molecular formula is C28H24FN7O3. The minimum absolute atomic E-state index is 0.102. The van der Waals surface area contributed by atoms with Gasteiger partial charge in [0.05, 0.1) is 31.0 Å². The van der Waals surface area contributed by atoms with Crippen LogP contribution in [0.1, 0.15) is 24.0 Å². The van der Waals surface area contributed by atoms with E-state index < -0.39 is 5.41 Å². The lowest BCUT2D eigenvalue weighted by molar-refractivity contribution is -0.118. The Morgan fingerprint density at radius 1 is 1.15 bits per heavy atom. The number of carbonyl (C=O) groups is 1. The van der Waals surface area contributed by atoms with Gasteiger partial charge in [-0.15, -0.1) is 0 Å². The number of nitrogens with two attached hydrogens (primary N) is 1. The molecule has 1 aliphatic carbocycles. The smallest absolute Gasteiger partial charge is 0.235 e. The molecule has 0 unspecified atom stereocenters. The van der Waals surface area contributed by atoms with Crippen LogP contribution in [0.15, 0.2) is 77.6 Å². The number of methoxy groups -OCH3 is 1. The van der Waals surface area contributed by atoms with Crippen molar-refractivity contribution in [1.29, 1.82) is 0 Å². The van der Waals surface area contributed by atoms with Crippen molar-refractivity contribution >= 4 is 17.4 Å². The van der Waals surface area contributed by atoms with E-state index >= 15 is 0 Å². The summed E-state index contributed by atoms with van der Waals surface area (Å²) >= 11 is 0. The number of hydrogen-bond donors (Lipinski definition) is 2. The van der Waals surface area contributed by atoms with Crippen LogP contribution >= 0.6 is 0 Å². The molecule has 11 heteroatoms. The Hall–Kier alpha value is -5.06. The van der Waals surface area contributed by atoms with E-state index in [1.54, 1.807) is 42.1 Å². The summed E-state index contributed by atoms with van der Waals surface area (Å²) in [6.07, 6.45) is 4.37. The van der Waals surface area contributed by atoms with Crippen molar-refractivity contribution in [1.82, 2.24) is 24.9 Å². The lowest BCUT2D eigenvalue weighted by Gasteiger charge is -2.17. The Morgan fingerprint density at radius 2 is 1.95 bits per heavy atom. The van der Waals surface area contributed by atoms with E-state index in [0.29, 0.717) is 28.3 Å². The predicted octanol–water partition coefficient (Wildman–Crippen LogP) is 4.44. The van der Waals surface area contributed by atoms with Crippen LogP contribution in [-0.4, -0.2) is 37.9 Å². The highest BCUT2D eigenvalue weighted by atomic mass is 19.1. The van der Waals surface area contributed by atoms with Gasteiger partial charge < -0.3 is 20.3 Å². The van der Waals surface area contributed by atoms with Gasteiger partial charge in [-0.1, -0.05) is 35.5 Å². The number of ether oxygens (including phenoxy) is 1. The van der Waals surface area contributed by atoms with Crippen LogP contribution in [-0.2, 0) is 16.8 Å². The summed E-state index contributed by atoms with van der Waals surface area (Å²) < 4.78 is 26.2. The molecule has 3 N–H and O–H groups in total. The summed E-state index contributed by atoms with van der Waals surface area (Å²) in [5.41, 5.74) is 8.83. The van der Waals surface area contributed by atoms with Gasteiger partial charge in [-0.05, 0) is 42.7 Å². The molecule has 3 aromatic heterocycles. The fourth-order valence-corrected chi connectivity index (χ4v) is 4.52. The van der Waals surface area contributed by atoms with Crippen LogP contribution in [0.2, 0.25) is 0 Å². The number of nitrogens with zero attached hydrogens (tertiary/aromatic N) is 5. The molecule has 0 radical (unpaired) electrons. The lowest BCUT2D eigenvalue weighted by atomic mass is 9.95. The molecule has 1 amide bonds. The molecule has 1 saturated carbocycles. The molecule has 196 valence electrons. The molecule has 0 aliphatic heterocycles. The van der Waals surface area contributed by atoms with Crippen molar-refractivity contribution in [3.63, 3.8) is 0 Å². The summed E-state index contributed by atoms with van der Waals surface area (Å²) in [7, 11) is 1.60. The number of anilines is 2. The standard InChI is InChI=1S/C28H24FN7O3/c1-38-19-8-6-18(7-9-19)28(11-12-28)27(37)32-23-15-31-26(33-25(23)30)22-14-24(21-10-13-39-35-21)36(34-22)16-17-4-2-3-5-20(17)29/h2-10,13-15H,11-12,16H2,1H3,(H,32,37)(H2,30,31,33). The van der Waals surface area contributed by atoms with E-state index in [-0.39, 0.29) is 29.9 Å². The molecule has 39 heavy (non-hydrogen) atoms. The number of aromatic nitrogens is 5. The van der Waals surface area contributed by atoms with Crippen LogP contribution in [0.5, 0.6) is 5.75 Å². The molecule has 0 bridgehead atoms. The molecule has 0 spiro atoms. The Labute approximate surface area is 222 Å². The Morgan fingerprint density at radius 3 is 2.62 bits per heavy atom. The van der Waals surface area contributed by atoms with Gasteiger partial charge in [-0.2, -0.15) is 5.10 Å².